The van der Waals surface area contributed by atoms with Crippen molar-refractivity contribution in [3.05, 3.63) is 72.9 Å². The van der Waals surface area contributed by atoms with E-state index < -0.39 is 0 Å². The van der Waals surface area contributed by atoms with Gasteiger partial charge in [-0.2, -0.15) is 5.10 Å². The predicted molar refractivity (Wildman–Crippen MR) is 137 cm³/mol. The number of hydrogen-bond donors (Lipinski definition) is 3. The Bertz CT molecular complexity index is 1800. The summed E-state index contributed by atoms with van der Waals surface area (Å²) in [5.41, 5.74) is 6.93. The topological polar surface area (TPSA) is 125 Å². The zero-order valence-electron chi connectivity index (χ0n) is 19.4. The van der Waals surface area contributed by atoms with Crippen molar-refractivity contribution in [2.75, 3.05) is 5.32 Å². The summed E-state index contributed by atoms with van der Waals surface area (Å²) in [7, 11) is 0. The van der Waals surface area contributed by atoms with Gasteiger partial charge in [-0.25, -0.2) is 19.3 Å². The molecule has 10 heteroatoms. The second kappa shape index (κ2) is 8.30. The first-order valence-electron chi connectivity index (χ1n) is 11.8. The van der Waals surface area contributed by atoms with E-state index >= 15 is 0 Å². The zero-order chi connectivity index (χ0) is 24.9. The number of rotatable bonds is 5. The van der Waals surface area contributed by atoms with Crippen LogP contribution in [-0.4, -0.2) is 41.0 Å². The van der Waals surface area contributed by atoms with Crippen molar-refractivity contribution in [3.8, 4) is 33.9 Å². The highest BCUT2D eigenvalue weighted by Gasteiger charge is 2.29. The molecule has 0 saturated heterocycles. The van der Waals surface area contributed by atoms with Crippen molar-refractivity contribution in [1.82, 2.24) is 35.1 Å². The molecule has 6 aromatic rings. The molecular formula is C27H19FN8O. The van der Waals surface area contributed by atoms with Gasteiger partial charge in [-0.05, 0) is 54.8 Å². The zero-order valence-corrected chi connectivity index (χ0v) is 19.4. The number of carbonyl (C=O) groups excluding carboxylic acids is 1. The first kappa shape index (κ1) is 21.3. The summed E-state index contributed by atoms with van der Waals surface area (Å²) < 4.78 is 13.4. The van der Waals surface area contributed by atoms with Gasteiger partial charge in [0.1, 0.15) is 16.9 Å². The molecule has 0 atom stereocenters. The summed E-state index contributed by atoms with van der Waals surface area (Å²) in [5.74, 6) is 0.343. The predicted octanol–water partition coefficient (Wildman–Crippen LogP) is 5.11. The Hall–Kier alpha value is -4.99. The average molecular weight is 491 g/mol. The number of H-pyrrole nitrogens is 2. The number of nitrogens with zero attached hydrogens (tertiary/aromatic N) is 5. The minimum atomic E-state index is -0.298. The minimum absolute atomic E-state index is 0.0259. The third-order valence-corrected chi connectivity index (χ3v) is 6.42. The molecule has 1 aliphatic carbocycles. The maximum absolute atomic E-state index is 13.4. The van der Waals surface area contributed by atoms with E-state index in [2.05, 4.69) is 30.5 Å². The number of benzene rings is 1. The molecule has 5 aromatic heterocycles. The van der Waals surface area contributed by atoms with Gasteiger partial charge in [-0.1, -0.05) is 12.1 Å². The van der Waals surface area contributed by atoms with Crippen molar-refractivity contribution < 1.29 is 9.18 Å². The molecule has 3 N–H and O–H groups in total. The number of carbonyl (C=O) groups is 1. The van der Waals surface area contributed by atoms with E-state index in [1.165, 1.54) is 12.1 Å². The highest BCUT2D eigenvalue weighted by atomic mass is 19.1. The number of pyridine rings is 3. The number of anilines is 1. The Balaban J connectivity index is 1.28. The third kappa shape index (κ3) is 3.88. The van der Waals surface area contributed by atoms with Crippen LogP contribution in [0.5, 0.6) is 0 Å². The van der Waals surface area contributed by atoms with Crippen LogP contribution in [0.4, 0.5) is 10.1 Å². The minimum Gasteiger partial charge on any atom is -0.324 e. The van der Waals surface area contributed by atoms with Crippen LogP contribution < -0.4 is 5.32 Å². The normalized spacial score (nSPS) is 13.3. The first-order chi connectivity index (χ1) is 18.1. The second-order valence-electron chi connectivity index (χ2n) is 9.04. The number of halogens is 1. The quantitative estimate of drug-likeness (QED) is 0.308. The van der Waals surface area contributed by atoms with Gasteiger partial charge < -0.3 is 10.3 Å². The maximum atomic E-state index is 13.4. The van der Waals surface area contributed by atoms with Gasteiger partial charge in [-0.15, -0.1) is 0 Å². The summed E-state index contributed by atoms with van der Waals surface area (Å²) >= 11 is 0. The molecule has 1 fully saturated rings. The Kier molecular flexibility index (Phi) is 4.78. The maximum Gasteiger partial charge on any atom is 0.227 e. The molecule has 0 aliphatic heterocycles. The molecule has 9 nitrogen and oxygen atoms in total. The lowest BCUT2D eigenvalue weighted by Crippen LogP contribution is -2.13. The van der Waals surface area contributed by atoms with E-state index in [-0.39, 0.29) is 17.6 Å². The molecule has 7 rings (SSSR count). The summed E-state index contributed by atoms with van der Waals surface area (Å²) in [6.07, 6.45) is 6.89. The van der Waals surface area contributed by atoms with Gasteiger partial charge in [0.15, 0.2) is 17.2 Å². The van der Waals surface area contributed by atoms with Crippen LogP contribution in [0.15, 0.2) is 67.1 Å². The van der Waals surface area contributed by atoms with E-state index in [4.69, 9.17) is 9.97 Å². The van der Waals surface area contributed by atoms with E-state index in [9.17, 15) is 9.18 Å². The van der Waals surface area contributed by atoms with Gasteiger partial charge in [0.05, 0.1) is 23.1 Å². The number of hydrogen-bond acceptors (Lipinski definition) is 6. The summed E-state index contributed by atoms with van der Waals surface area (Å²) in [6.45, 7) is 0. The van der Waals surface area contributed by atoms with Gasteiger partial charge in [-0.3, -0.25) is 14.9 Å². The molecule has 0 unspecified atom stereocenters. The Morgan fingerprint density at radius 3 is 2.68 bits per heavy atom. The molecule has 1 amide bonds. The lowest BCUT2D eigenvalue weighted by atomic mass is 10.1. The van der Waals surface area contributed by atoms with Crippen molar-refractivity contribution >= 4 is 33.8 Å². The Morgan fingerprint density at radius 2 is 1.84 bits per heavy atom. The van der Waals surface area contributed by atoms with E-state index in [1.807, 2.05) is 24.3 Å². The van der Waals surface area contributed by atoms with E-state index in [0.717, 1.165) is 35.0 Å². The van der Waals surface area contributed by atoms with Crippen molar-refractivity contribution in [2.24, 2.45) is 5.92 Å². The van der Waals surface area contributed by atoms with Gasteiger partial charge in [0.25, 0.3) is 0 Å². The van der Waals surface area contributed by atoms with Crippen LogP contribution in [0.25, 0.3) is 56.1 Å². The van der Waals surface area contributed by atoms with Crippen molar-refractivity contribution in [2.45, 2.75) is 12.8 Å². The summed E-state index contributed by atoms with van der Waals surface area (Å²) in [4.78, 5) is 33.7. The van der Waals surface area contributed by atoms with Crippen molar-refractivity contribution in [3.63, 3.8) is 0 Å². The molecule has 1 aromatic carbocycles. The molecule has 0 bridgehead atoms. The molecule has 180 valence electrons. The number of nitrogens with one attached hydrogen (secondary N) is 3. The largest absolute Gasteiger partial charge is 0.324 e. The smallest absolute Gasteiger partial charge is 0.227 e. The lowest BCUT2D eigenvalue weighted by Gasteiger charge is -2.06. The van der Waals surface area contributed by atoms with Gasteiger partial charge in [0.2, 0.25) is 5.91 Å². The molecule has 1 saturated carbocycles. The molecular weight excluding hydrogens is 471 g/mol. The SMILES string of the molecule is O=C(Nc1cncc(-c2ccc3[nH]nc(-c4nc5c(-c6ccc(F)cc6)ccnc5[nH]4)c3n2)c1)C1CC1. The highest BCUT2D eigenvalue weighted by molar-refractivity contribution is 5.96. The van der Waals surface area contributed by atoms with Crippen LogP contribution >= 0.6 is 0 Å². The average Bonchev–Trinajstić information content (AvgIpc) is 3.55. The Morgan fingerprint density at radius 1 is 0.973 bits per heavy atom. The monoisotopic (exact) mass is 490 g/mol. The molecule has 5 heterocycles. The fourth-order valence-corrected chi connectivity index (χ4v) is 4.35. The molecule has 37 heavy (non-hydrogen) atoms. The molecule has 0 radical (unpaired) electrons. The fourth-order valence-electron chi connectivity index (χ4n) is 4.35. The second-order valence-corrected chi connectivity index (χ2v) is 9.04. The van der Waals surface area contributed by atoms with Gasteiger partial charge in [0, 0.05) is 29.4 Å². The first-order valence-corrected chi connectivity index (χ1v) is 11.8. The molecule has 0 spiro atoms. The number of aromatic amines is 2. The lowest BCUT2D eigenvalue weighted by molar-refractivity contribution is -0.117. The number of aromatic nitrogens is 7. The van der Waals surface area contributed by atoms with Crippen molar-refractivity contribution in [1.29, 1.82) is 0 Å². The Labute approximate surface area is 209 Å². The summed E-state index contributed by atoms with van der Waals surface area (Å²) in [6, 6.07) is 13.8. The van der Waals surface area contributed by atoms with Crippen LogP contribution in [0.1, 0.15) is 12.8 Å². The number of imidazole rings is 1. The third-order valence-electron chi connectivity index (χ3n) is 6.42. The number of fused-ring (bicyclic) bond motifs is 2. The van der Waals surface area contributed by atoms with Crippen LogP contribution in [0.3, 0.4) is 0 Å². The van der Waals surface area contributed by atoms with E-state index in [0.29, 0.717) is 39.6 Å². The summed E-state index contributed by atoms with van der Waals surface area (Å²) in [5, 5.41) is 10.4. The van der Waals surface area contributed by atoms with E-state index in [1.54, 1.807) is 30.7 Å². The van der Waals surface area contributed by atoms with Crippen LogP contribution in [-0.2, 0) is 4.79 Å². The van der Waals surface area contributed by atoms with Gasteiger partial charge >= 0.3 is 0 Å². The molecule has 1 aliphatic rings. The fraction of sp³-hybridized carbons (Fsp3) is 0.111. The standard InChI is InChI=1S/C27H19FN8O/c28-17-5-3-14(4-6-17)19-9-10-30-25-22(19)33-26(34-25)24-23-21(35-36-24)8-7-20(32-23)16-11-18(13-29-12-16)31-27(37)15-1-2-15/h3-13,15H,1-2H2,(H,31,37)(H,35,36)(H,30,33,34). The highest BCUT2D eigenvalue weighted by Crippen LogP contribution is 2.32. The van der Waals surface area contributed by atoms with Crippen LogP contribution in [0, 0.1) is 11.7 Å². The van der Waals surface area contributed by atoms with Crippen LogP contribution in [0.2, 0.25) is 0 Å². The number of amides is 1.